The predicted molar refractivity (Wildman–Crippen MR) is 122 cm³/mol. The molecule has 0 amide bonds. The number of aromatic nitrogens is 1. The predicted octanol–water partition coefficient (Wildman–Crippen LogP) is 6.05. The van der Waals surface area contributed by atoms with Crippen LogP contribution in [0.2, 0.25) is 0 Å². The molecule has 5 rings (SSSR count). The zero-order chi connectivity index (χ0) is 23.1. The van der Waals surface area contributed by atoms with Gasteiger partial charge in [-0.15, -0.1) is 0 Å². The first kappa shape index (κ1) is 21.4. The van der Waals surface area contributed by atoms with Crippen molar-refractivity contribution in [3.63, 3.8) is 0 Å². The van der Waals surface area contributed by atoms with E-state index in [9.17, 15) is 17.6 Å². The Morgan fingerprint density at radius 3 is 2.18 bits per heavy atom. The number of pyridine rings is 1. The molecule has 1 aliphatic heterocycles. The molecule has 1 saturated heterocycles. The highest BCUT2D eigenvalue weighted by molar-refractivity contribution is 6.01. The summed E-state index contributed by atoms with van der Waals surface area (Å²) >= 11 is 0. The van der Waals surface area contributed by atoms with Gasteiger partial charge in [-0.3, -0.25) is 4.98 Å². The minimum Gasteiger partial charge on any atom is -0.370 e. The van der Waals surface area contributed by atoms with Gasteiger partial charge in [0.05, 0.1) is 11.2 Å². The quantitative estimate of drug-likeness (QED) is 0.386. The second-order valence-electron chi connectivity index (χ2n) is 8.36. The summed E-state index contributed by atoms with van der Waals surface area (Å²) in [7, 11) is 0. The maximum atomic E-state index is 14.5. The molecular formula is C26H21F4N3. The number of rotatable bonds is 3. The summed E-state index contributed by atoms with van der Waals surface area (Å²) in [6, 6.07) is 12.2. The molecule has 0 bridgehead atoms. The summed E-state index contributed by atoms with van der Waals surface area (Å²) in [5.74, 6) is -2.69. The lowest BCUT2D eigenvalue weighted by atomic mass is 9.96. The zero-order valence-electron chi connectivity index (χ0n) is 17.7. The third kappa shape index (κ3) is 4.16. The summed E-state index contributed by atoms with van der Waals surface area (Å²) in [5, 5.41) is 0.717. The van der Waals surface area contributed by atoms with Crippen LogP contribution in [0, 0.1) is 23.3 Å². The second kappa shape index (κ2) is 8.48. The third-order valence-electron chi connectivity index (χ3n) is 6.11. The van der Waals surface area contributed by atoms with Gasteiger partial charge in [0.1, 0.15) is 23.3 Å². The van der Waals surface area contributed by atoms with Crippen LogP contribution in [0.25, 0.3) is 33.2 Å². The fraction of sp³-hybridized carbons (Fsp3) is 0.192. The summed E-state index contributed by atoms with van der Waals surface area (Å²) in [4.78, 5) is 6.64. The molecule has 0 aliphatic carbocycles. The van der Waals surface area contributed by atoms with Gasteiger partial charge in [-0.1, -0.05) is 6.07 Å². The van der Waals surface area contributed by atoms with Crippen LogP contribution in [0.15, 0.2) is 60.8 Å². The minimum atomic E-state index is -0.682. The maximum absolute atomic E-state index is 14.5. The van der Waals surface area contributed by atoms with E-state index in [0.29, 0.717) is 40.7 Å². The number of anilines is 1. The first-order chi connectivity index (χ1) is 15.9. The van der Waals surface area contributed by atoms with E-state index >= 15 is 0 Å². The number of fused-ring (bicyclic) bond motifs is 1. The van der Waals surface area contributed by atoms with Crippen LogP contribution in [-0.2, 0) is 0 Å². The number of hydrogen-bond acceptors (Lipinski definition) is 3. The topological polar surface area (TPSA) is 42.1 Å². The van der Waals surface area contributed by atoms with Crippen molar-refractivity contribution in [3.8, 4) is 22.3 Å². The standard InChI is InChI=1S/C26H21F4N3/c27-17-2-3-21(24(30)13-17)15-1-4-25-22(11-15)26(33-7-5-20(31)6-8-33)23(14-32-25)16-9-18(28)12-19(29)10-16/h1-4,9-14,20H,5-8,31H2. The van der Waals surface area contributed by atoms with Gasteiger partial charge in [0, 0.05) is 54.0 Å². The monoisotopic (exact) mass is 451 g/mol. The Hall–Kier alpha value is -3.45. The lowest BCUT2D eigenvalue weighted by Gasteiger charge is -2.34. The largest absolute Gasteiger partial charge is 0.370 e. The first-order valence-electron chi connectivity index (χ1n) is 10.7. The Balaban J connectivity index is 1.75. The molecule has 0 atom stereocenters. The molecular weight excluding hydrogens is 430 g/mol. The van der Waals surface area contributed by atoms with E-state index in [2.05, 4.69) is 9.88 Å². The zero-order valence-corrected chi connectivity index (χ0v) is 17.7. The van der Waals surface area contributed by atoms with Crippen LogP contribution in [0.5, 0.6) is 0 Å². The van der Waals surface area contributed by atoms with Crippen molar-refractivity contribution in [1.82, 2.24) is 4.98 Å². The average molecular weight is 451 g/mol. The Bertz CT molecular complexity index is 1330. The van der Waals surface area contributed by atoms with Crippen molar-refractivity contribution in [1.29, 1.82) is 0 Å². The second-order valence-corrected chi connectivity index (χ2v) is 8.36. The van der Waals surface area contributed by atoms with Crippen LogP contribution < -0.4 is 10.6 Å². The molecule has 168 valence electrons. The van der Waals surface area contributed by atoms with Crippen LogP contribution in [0.3, 0.4) is 0 Å². The summed E-state index contributed by atoms with van der Waals surface area (Å²) < 4.78 is 56.0. The van der Waals surface area contributed by atoms with Crippen molar-refractivity contribution in [2.45, 2.75) is 18.9 Å². The van der Waals surface area contributed by atoms with Crippen LogP contribution in [0.4, 0.5) is 23.2 Å². The highest BCUT2D eigenvalue weighted by Crippen LogP contribution is 2.40. The third-order valence-corrected chi connectivity index (χ3v) is 6.11. The molecule has 0 unspecified atom stereocenters. The molecule has 2 heterocycles. The highest BCUT2D eigenvalue weighted by atomic mass is 19.1. The molecule has 3 nitrogen and oxygen atoms in total. The Morgan fingerprint density at radius 1 is 0.758 bits per heavy atom. The van der Waals surface area contributed by atoms with Gasteiger partial charge in [-0.05, 0) is 60.4 Å². The van der Waals surface area contributed by atoms with E-state index in [0.717, 1.165) is 30.7 Å². The SMILES string of the molecule is NC1CCN(c2c(-c3cc(F)cc(F)c3)cnc3ccc(-c4ccc(F)cc4F)cc23)CC1. The molecule has 3 aromatic carbocycles. The Kier molecular flexibility index (Phi) is 5.50. The van der Waals surface area contributed by atoms with E-state index < -0.39 is 23.3 Å². The van der Waals surface area contributed by atoms with Crippen LogP contribution in [0.1, 0.15) is 12.8 Å². The molecule has 33 heavy (non-hydrogen) atoms. The van der Waals surface area contributed by atoms with E-state index in [1.807, 2.05) is 0 Å². The van der Waals surface area contributed by atoms with Crippen LogP contribution in [-0.4, -0.2) is 24.1 Å². The molecule has 1 aromatic heterocycles. The van der Waals surface area contributed by atoms with Crippen molar-refractivity contribution >= 4 is 16.6 Å². The van der Waals surface area contributed by atoms with Gasteiger partial charge in [0.25, 0.3) is 0 Å². The van der Waals surface area contributed by atoms with Crippen molar-refractivity contribution in [3.05, 3.63) is 84.1 Å². The van der Waals surface area contributed by atoms with Gasteiger partial charge >= 0.3 is 0 Å². The lowest BCUT2D eigenvalue weighted by molar-refractivity contribution is 0.502. The Morgan fingerprint density at radius 2 is 1.48 bits per heavy atom. The van der Waals surface area contributed by atoms with E-state index in [-0.39, 0.29) is 11.6 Å². The van der Waals surface area contributed by atoms with Gasteiger partial charge < -0.3 is 10.6 Å². The summed E-state index contributed by atoms with van der Waals surface area (Å²) in [6.45, 7) is 1.33. The minimum absolute atomic E-state index is 0.0910. The van der Waals surface area contributed by atoms with Gasteiger partial charge in [0.2, 0.25) is 0 Å². The van der Waals surface area contributed by atoms with Gasteiger partial charge in [-0.2, -0.15) is 0 Å². The average Bonchev–Trinajstić information content (AvgIpc) is 2.78. The molecule has 7 heteroatoms. The smallest absolute Gasteiger partial charge is 0.133 e. The Labute approximate surface area is 188 Å². The fourth-order valence-corrected chi connectivity index (χ4v) is 4.45. The maximum Gasteiger partial charge on any atom is 0.133 e. The van der Waals surface area contributed by atoms with Gasteiger partial charge in [0.15, 0.2) is 0 Å². The molecule has 1 fully saturated rings. The number of piperidine rings is 1. The lowest BCUT2D eigenvalue weighted by Crippen LogP contribution is -2.40. The molecule has 4 aromatic rings. The summed E-state index contributed by atoms with van der Waals surface area (Å²) in [5.41, 5.74) is 9.27. The fourth-order valence-electron chi connectivity index (χ4n) is 4.45. The van der Waals surface area contributed by atoms with Crippen molar-refractivity contribution in [2.24, 2.45) is 5.73 Å². The molecule has 0 radical (unpaired) electrons. The van der Waals surface area contributed by atoms with Crippen LogP contribution >= 0.6 is 0 Å². The number of nitrogens with zero attached hydrogens (tertiary/aromatic N) is 2. The van der Waals surface area contributed by atoms with E-state index in [4.69, 9.17) is 5.73 Å². The van der Waals surface area contributed by atoms with Crippen molar-refractivity contribution in [2.75, 3.05) is 18.0 Å². The molecule has 0 spiro atoms. The summed E-state index contributed by atoms with van der Waals surface area (Å²) in [6.07, 6.45) is 3.15. The highest BCUT2D eigenvalue weighted by Gasteiger charge is 2.23. The van der Waals surface area contributed by atoms with E-state index in [1.54, 1.807) is 24.4 Å². The molecule has 1 aliphatic rings. The number of hydrogen-bond donors (Lipinski definition) is 1. The number of halogens is 4. The molecule has 0 saturated carbocycles. The first-order valence-corrected chi connectivity index (χ1v) is 10.7. The van der Waals surface area contributed by atoms with Gasteiger partial charge in [-0.25, -0.2) is 17.6 Å². The molecule has 2 N–H and O–H groups in total. The number of benzene rings is 3. The van der Waals surface area contributed by atoms with Crippen molar-refractivity contribution < 1.29 is 17.6 Å². The number of nitrogens with two attached hydrogens (primary N) is 1. The van der Waals surface area contributed by atoms with E-state index in [1.165, 1.54) is 24.3 Å². The normalized spacial score (nSPS) is 14.8.